The van der Waals surface area contributed by atoms with Crippen LogP contribution < -0.4 is 5.32 Å². The van der Waals surface area contributed by atoms with Gasteiger partial charge in [0.1, 0.15) is 5.54 Å². The standard InChI is InChI=1S/C13H28N2O2/c1-6-8-10-15(4)11-13(3,12(16)17-5)14-9-7-2/h14H,6-11H2,1-5H3. The summed E-state index contributed by atoms with van der Waals surface area (Å²) in [4.78, 5) is 14.0. The van der Waals surface area contributed by atoms with Crippen LogP contribution in [0, 0.1) is 0 Å². The normalized spacial score (nSPS) is 14.7. The minimum atomic E-state index is -0.604. The van der Waals surface area contributed by atoms with Gasteiger partial charge >= 0.3 is 5.97 Å². The first kappa shape index (κ1) is 16.4. The van der Waals surface area contributed by atoms with E-state index in [0.717, 1.165) is 25.9 Å². The van der Waals surface area contributed by atoms with E-state index in [1.165, 1.54) is 13.5 Å². The van der Waals surface area contributed by atoms with Crippen molar-refractivity contribution in [1.29, 1.82) is 0 Å². The predicted molar refractivity (Wildman–Crippen MR) is 71.1 cm³/mol. The maximum atomic E-state index is 11.8. The Morgan fingerprint density at radius 1 is 1.35 bits per heavy atom. The van der Waals surface area contributed by atoms with Crippen LogP contribution in [-0.4, -0.2) is 50.2 Å². The van der Waals surface area contributed by atoms with Gasteiger partial charge in [0.25, 0.3) is 0 Å². The Labute approximate surface area is 106 Å². The number of esters is 1. The molecule has 1 N–H and O–H groups in total. The van der Waals surface area contributed by atoms with Crippen molar-refractivity contribution in [2.75, 3.05) is 33.8 Å². The van der Waals surface area contributed by atoms with Crippen LogP contribution in [0.15, 0.2) is 0 Å². The van der Waals surface area contributed by atoms with Crippen molar-refractivity contribution in [3.63, 3.8) is 0 Å². The number of likely N-dealkylation sites (N-methyl/N-ethyl adjacent to an activating group) is 1. The molecule has 0 spiro atoms. The van der Waals surface area contributed by atoms with Gasteiger partial charge in [-0.25, -0.2) is 0 Å². The zero-order valence-electron chi connectivity index (χ0n) is 12.0. The molecule has 0 aromatic heterocycles. The van der Waals surface area contributed by atoms with Crippen molar-refractivity contribution < 1.29 is 9.53 Å². The van der Waals surface area contributed by atoms with Gasteiger partial charge in [-0.3, -0.25) is 4.79 Å². The van der Waals surface area contributed by atoms with Crippen LogP contribution in [0.2, 0.25) is 0 Å². The maximum Gasteiger partial charge on any atom is 0.327 e. The summed E-state index contributed by atoms with van der Waals surface area (Å²) in [7, 11) is 3.49. The molecule has 0 heterocycles. The second kappa shape index (κ2) is 8.48. The van der Waals surface area contributed by atoms with Gasteiger partial charge in [-0.15, -0.1) is 0 Å². The van der Waals surface area contributed by atoms with Crippen molar-refractivity contribution in [2.24, 2.45) is 0 Å². The molecule has 4 heteroatoms. The molecule has 0 fully saturated rings. The molecule has 0 aliphatic heterocycles. The number of unbranched alkanes of at least 4 members (excludes halogenated alkanes) is 1. The molecule has 0 saturated heterocycles. The average molecular weight is 244 g/mol. The Bertz CT molecular complexity index is 221. The number of nitrogens with zero attached hydrogens (tertiary/aromatic N) is 1. The van der Waals surface area contributed by atoms with Gasteiger partial charge in [-0.2, -0.15) is 0 Å². The van der Waals surface area contributed by atoms with E-state index in [1.807, 2.05) is 14.0 Å². The van der Waals surface area contributed by atoms with Gasteiger partial charge in [0.05, 0.1) is 7.11 Å². The molecule has 17 heavy (non-hydrogen) atoms. The molecule has 0 bridgehead atoms. The molecule has 0 radical (unpaired) electrons. The van der Waals surface area contributed by atoms with Crippen LogP contribution in [-0.2, 0) is 9.53 Å². The van der Waals surface area contributed by atoms with E-state index in [2.05, 4.69) is 24.1 Å². The summed E-state index contributed by atoms with van der Waals surface area (Å²) in [5.74, 6) is -0.186. The van der Waals surface area contributed by atoms with E-state index in [-0.39, 0.29) is 5.97 Å². The molecule has 0 saturated carbocycles. The van der Waals surface area contributed by atoms with Crippen LogP contribution >= 0.6 is 0 Å². The molecule has 102 valence electrons. The highest BCUT2D eigenvalue weighted by Gasteiger charge is 2.34. The molecular formula is C13H28N2O2. The number of rotatable bonds is 9. The van der Waals surface area contributed by atoms with Crippen molar-refractivity contribution in [1.82, 2.24) is 10.2 Å². The van der Waals surface area contributed by atoms with Crippen molar-refractivity contribution in [2.45, 2.75) is 45.6 Å². The first-order chi connectivity index (χ1) is 8.00. The number of methoxy groups -OCH3 is 1. The van der Waals surface area contributed by atoms with E-state index in [9.17, 15) is 4.79 Å². The maximum absolute atomic E-state index is 11.8. The summed E-state index contributed by atoms with van der Waals surface area (Å²) in [6.45, 7) is 8.69. The Morgan fingerprint density at radius 2 is 2.00 bits per heavy atom. The first-order valence-corrected chi connectivity index (χ1v) is 6.52. The Kier molecular flexibility index (Phi) is 8.17. The molecular weight excluding hydrogens is 216 g/mol. The topological polar surface area (TPSA) is 41.6 Å². The van der Waals surface area contributed by atoms with Crippen molar-refractivity contribution in [3.05, 3.63) is 0 Å². The minimum Gasteiger partial charge on any atom is -0.468 e. The summed E-state index contributed by atoms with van der Waals surface area (Å²) in [6, 6.07) is 0. The van der Waals surface area contributed by atoms with Gasteiger partial charge in [0, 0.05) is 6.54 Å². The first-order valence-electron chi connectivity index (χ1n) is 6.52. The lowest BCUT2D eigenvalue weighted by atomic mass is 10.0. The van der Waals surface area contributed by atoms with Gasteiger partial charge in [0.15, 0.2) is 0 Å². The predicted octanol–water partition coefficient (Wildman–Crippen LogP) is 1.65. The van der Waals surface area contributed by atoms with E-state index >= 15 is 0 Å². The number of ether oxygens (including phenoxy) is 1. The molecule has 0 rings (SSSR count). The van der Waals surface area contributed by atoms with E-state index in [0.29, 0.717) is 6.54 Å². The second-order valence-corrected chi connectivity index (χ2v) is 4.84. The molecule has 1 atom stereocenters. The fourth-order valence-corrected chi connectivity index (χ4v) is 1.87. The third-order valence-electron chi connectivity index (χ3n) is 2.88. The quantitative estimate of drug-likeness (QED) is 0.626. The number of carbonyl (C=O) groups excluding carboxylic acids is 1. The van der Waals surface area contributed by atoms with Crippen molar-refractivity contribution >= 4 is 5.97 Å². The molecule has 0 amide bonds. The summed E-state index contributed by atoms with van der Waals surface area (Å²) in [6.07, 6.45) is 3.33. The smallest absolute Gasteiger partial charge is 0.327 e. The molecule has 1 unspecified atom stereocenters. The third kappa shape index (κ3) is 6.03. The van der Waals surface area contributed by atoms with E-state index in [4.69, 9.17) is 4.74 Å². The van der Waals surface area contributed by atoms with Crippen LogP contribution in [0.4, 0.5) is 0 Å². The lowest BCUT2D eigenvalue weighted by Crippen LogP contribution is -2.57. The third-order valence-corrected chi connectivity index (χ3v) is 2.88. The summed E-state index contributed by atoms with van der Waals surface area (Å²) >= 11 is 0. The number of nitrogens with one attached hydrogen (secondary N) is 1. The number of carbonyl (C=O) groups is 1. The largest absolute Gasteiger partial charge is 0.468 e. The highest BCUT2D eigenvalue weighted by atomic mass is 16.5. The second-order valence-electron chi connectivity index (χ2n) is 4.84. The van der Waals surface area contributed by atoms with Gasteiger partial charge in [-0.05, 0) is 39.9 Å². The van der Waals surface area contributed by atoms with Gasteiger partial charge in [-0.1, -0.05) is 20.3 Å². The molecule has 4 nitrogen and oxygen atoms in total. The fraction of sp³-hybridized carbons (Fsp3) is 0.923. The molecule has 0 aliphatic rings. The number of hydrogen-bond donors (Lipinski definition) is 1. The van der Waals surface area contributed by atoms with Crippen LogP contribution in [0.1, 0.15) is 40.0 Å². The SMILES string of the molecule is CCCCN(C)CC(C)(NCCC)C(=O)OC. The Balaban J connectivity index is 4.41. The Hall–Kier alpha value is -0.610. The van der Waals surface area contributed by atoms with Crippen LogP contribution in [0.25, 0.3) is 0 Å². The summed E-state index contributed by atoms with van der Waals surface area (Å²) < 4.78 is 4.89. The monoisotopic (exact) mass is 244 g/mol. The Morgan fingerprint density at radius 3 is 2.47 bits per heavy atom. The minimum absolute atomic E-state index is 0.186. The lowest BCUT2D eigenvalue weighted by Gasteiger charge is -2.32. The highest BCUT2D eigenvalue weighted by Crippen LogP contribution is 2.09. The van der Waals surface area contributed by atoms with Crippen LogP contribution in [0.5, 0.6) is 0 Å². The zero-order valence-corrected chi connectivity index (χ0v) is 12.0. The van der Waals surface area contributed by atoms with Crippen LogP contribution in [0.3, 0.4) is 0 Å². The summed E-state index contributed by atoms with van der Waals surface area (Å²) in [5, 5.41) is 3.29. The zero-order chi connectivity index (χ0) is 13.3. The summed E-state index contributed by atoms with van der Waals surface area (Å²) in [5.41, 5.74) is -0.604. The van der Waals surface area contributed by atoms with E-state index < -0.39 is 5.54 Å². The highest BCUT2D eigenvalue weighted by molar-refractivity contribution is 5.80. The number of hydrogen-bond acceptors (Lipinski definition) is 4. The molecule has 0 aromatic rings. The lowest BCUT2D eigenvalue weighted by molar-refractivity contribution is -0.148. The van der Waals surface area contributed by atoms with E-state index in [1.54, 1.807) is 0 Å². The van der Waals surface area contributed by atoms with Crippen molar-refractivity contribution in [3.8, 4) is 0 Å². The average Bonchev–Trinajstić information content (AvgIpc) is 2.32. The molecule has 0 aliphatic carbocycles. The van der Waals surface area contributed by atoms with Gasteiger partial charge < -0.3 is 15.0 Å². The fourth-order valence-electron chi connectivity index (χ4n) is 1.87. The van der Waals surface area contributed by atoms with Gasteiger partial charge in [0.2, 0.25) is 0 Å². The molecule has 0 aromatic carbocycles.